The molecule has 1 aromatic heterocycles. The predicted molar refractivity (Wildman–Crippen MR) is 73.1 cm³/mol. The normalized spacial score (nSPS) is 20.8. The number of carbonyl (C=O) groups is 1. The Labute approximate surface area is 119 Å². The monoisotopic (exact) mass is 288 g/mol. The predicted octanol–water partition coefficient (Wildman–Crippen LogP) is 1.10. The molecule has 19 heavy (non-hydrogen) atoms. The second-order valence-corrected chi connectivity index (χ2v) is 4.94. The molecule has 0 radical (unpaired) electrons. The van der Waals surface area contributed by atoms with Crippen LogP contribution in [0.3, 0.4) is 0 Å². The molecule has 1 fully saturated rings. The van der Waals surface area contributed by atoms with Crippen molar-refractivity contribution in [2.24, 2.45) is 11.7 Å². The van der Waals surface area contributed by atoms with Crippen molar-refractivity contribution in [3.05, 3.63) is 11.7 Å². The molecule has 0 saturated carbocycles. The van der Waals surface area contributed by atoms with Crippen molar-refractivity contribution < 1.29 is 9.32 Å². The molecule has 0 aromatic carbocycles. The summed E-state index contributed by atoms with van der Waals surface area (Å²) in [6.45, 7) is 5.51. The van der Waals surface area contributed by atoms with Crippen LogP contribution in [-0.2, 0) is 4.79 Å². The van der Waals surface area contributed by atoms with Gasteiger partial charge in [-0.05, 0) is 19.8 Å². The number of nitrogens with two attached hydrogens (primary N) is 1. The van der Waals surface area contributed by atoms with Gasteiger partial charge >= 0.3 is 0 Å². The van der Waals surface area contributed by atoms with Crippen LogP contribution in [0.1, 0.15) is 37.4 Å². The highest BCUT2D eigenvalue weighted by Gasteiger charge is 2.29. The fourth-order valence-corrected chi connectivity index (χ4v) is 2.27. The Hall–Kier alpha value is -1.14. The summed E-state index contributed by atoms with van der Waals surface area (Å²) < 4.78 is 5.19. The van der Waals surface area contributed by atoms with E-state index in [0.717, 1.165) is 19.4 Å². The summed E-state index contributed by atoms with van der Waals surface area (Å²) >= 11 is 0. The molecule has 0 bridgehead atoms. The zero-order valence-electron chi connectivity index (χ0n) is 11.3. The highest BCUT2D eigenvalue weighted by Crippen LogP contribution is 2.26. The number of likely N-dealkylation sites (tertiary alicyclic amines) is 1. The lowest BCUT2D eigenvalue weighted by atomic mass is 9.96. The average molecular weight is 289 g/mol. The molecule has 2 unspecified atom stereocenters. The molecule has 0 aliphatic carbocycles. The number of hydrogen-bond donors (Lipinski definition) is 1. The van der Waals surface area contributed by atoms with Crippen molar-refractivity contribution in [2.75, 3.05) is 19.6 Å². The topological polar surface area (TPSA) is 85.2 Å². The maximum Gasteiger partial charge on any atom is 0.231 e. The quantitative estimate of drug-likeness (QED) is 0.900. The first-order valence-electron chi connectivity index (χ1n) is 6.41. The van der Waals surface area contributed by atoms with E-state index >= 15 is 0 Å². The molecule has 1 aliphatic rings. The van der Waals surface area contributed by atoms with E-state index in [4.69, 9.17) is 10.3 Å². The van der Waals surface area contributed by atoms with E-state index in [1.165, 1.54) is 0 Å². The molecule has 2 rings (SSSR count). The van der Waals surface area contributed by atoms with Crippen LogP contribution in [-0.4, -0.2) is 40.6 Å². The van der Waals surface area contributed by atoms with E-state index in [-0.39, 0.29) is 30.2 Å². The molecular weight excluding hydrogens is 268 g/mol. The first-order valence-corrected chi connectivity index (χ1v) is 6.41. The van der Waals surface area contributed by atoms with Crippen LogP contribution in [0.5, 0.6) is 0 Å². The molecule has 1 saturated heterocycles. The Morgan fingerprint density at radius 3 is 2.95 bits per heavy atom. The first kappa shape index (κ1) is 15.9. The van der Waals surface area contributed by atoms with Crippen molar-refractivity contribution in [3.63, 3.8) is 0 Å². The maximum absolute atomic E-state index is 12.1. The minimum Gasteiger partial charge on any atom is -0.342 e. The third-order valence-electron chi connectivity index (χ3n) is 3.40. The van der Waals surface area contributed by atoms with E-state index in [0.29, 0.717) is 24.8 Å². The van der Waals surface area contributed by atoms with E-state index in [1.807, 2.05) is 11.8 Å². The number of aromatic nitrogens is 2. The van der Waals surface area contributed by atoms with Crippen molar-refractivity contribution in [3.8, 4) is 0 Å². The van der Waals surface area contributed by atoms with E-state index < -0.39 is 0 Å². The van der Waals surface area contributed by atoms with Gasteiger partial charge in [0.1, 0.15) is 0 Å². The maximum atomic E-state index is 12.1. The van der Waals surface area contributed by atoms with Crippen molar-refractivity contribution in [1.82, 2.24) is 15.0 Å². The number of rotatable bonds is 3. The number of hydrogen-bond acceptors (Lipinski definition) is 5. The number of amides is 1. The molecule has 1 aliphatic heterocycles. The van der Waals surface area contributed by atoms with Crippen LogP contribution in [0, 0.1) is 12.8 Å². The minimum atomic E-state index is -0.117. The van der Waals surface area contributed by atoms with Crippen molar-refractivity contribution in [1.29, 1.82) is 0 Å². The molecule has 108 valence electrons. The fourth-order valence-electron chi connectivity index (χ4n) is 2.27. The van der Waals surface area contributed by atoms with Gasteiger partial charge in [0.05, 0.1) is 5.92 Å². The number of aryl methyl sites for hydroxylation is 1. The second kappa shape index (κ2) is 6.86. The minimum absolute atomic E-state index is 0. The van der Waals surface area contributed by atoms with Gasteiger partial charge in [-0.1, -0.05) is 12.1 Å². The Morgan fingerprint density at radius 1 is 1.63 bits per heavy atom. The third-order valence-corrected chi connectivity index (χ3v) is 3.40. The summed E-state index contributed by atoms with van der Waals surface area (Å²) in [5, 5.41) is 3.80. The molecule has 1 aromatic rings. The van der Waals surface area contributed by atoms with E-state index in [1.54, 1.807) is 6.92 Å². The van der Waals surface area contributed by atoms with Crippen LogP contribution >= 0.6 is 12.4 Å². The summed E-state index contributed by atoms with van der Waals surface area (Å²) in [6, 6.07) is 0. The van der Waals surface area contributed by atoms with E-state index in [2.05, 4.69) is 10.1 Å². The average Bonchev–Trinajstić information content (AvgIpc) is 2.84. The number of carbonyl (C=O) groups excluding carboxylic acids is 1. The summed E-state index contributed by atoms with van der Waals surface area (Å²) in [5.41, 5.74) is 5.54. The number of piperidine rings is 1. The molecule has 2 heterocycles. The van der Waals surface area contributed by atoms with Gasteiger partial charge < -0.3 is 15.2 Å². The van der Waals surface area contributed by atoms with E-state index in [9.17, 15) is 4.79 Å². The van der Waals surface area contributed by atoms with Gasteiger partial charge in [0.2, 0.25) is 11.8 Å². The zero-order chi connectivity index (χ0) is 13.1. The van der Waals surface area contributed by atoms with Crippen molar-refractivity contribution >= 4 is 18.3 Å². The largest absolute Gasteiger partial charge is 0.342 e. The van der Waals surface area contributed by atoms with Crippen LogP contribution < -0.4 is 5.73 Å². The smallest absolute Gasteiger partial charge is 0.231 e. The highest BCUT2D eigenvalue weighted by atomic mass is 35.5. The van der Waals surface area contributed by atoms with Crippen LogP contribution in [0.4, 0.5) is 0 Å². The van der Waals surface area contributed by atoms with Gasteiger partial charge in [0.15, 0.2) is 5.82 Å². The third kappa shape index (κ3) is 3.67. The van der Waals surface area contributed by atoms with Crippen LogP contribution in [0.25, 0.3) is 0 Å². The molecule has 2 N–H and O–H groups in total. The van der Waals surface area contributed by atoms with Gasteiger partial charge in [-0.25, -0.2) is 0 Å². The van der Waals surface area contributed by atoms with Gasteiger partial charge in [-0.15, -0.1) is 12.4 Å². The SMILES string of the molecule is Cc1noc(C2CCCN(C(=O)C(C)CN)C2)n1.Cl. The van der Waals surface area contributed by atoms with Gasteiger partial charge in [-0.2, -0.15) is 4.98 Å². The van der Waals surface area contributed by atoms with Crippen molar-refractivity contribution in [2.45, 2.75) is 32.6 Å². The summed E-state index contributed by atoms with van der Waals surface area (Å²) in [5.74, 6) is 1.45. The first-order chi connectivity index (χ1) is 8.61. The van der Waals surface area contributed by atoms with Gasteiger partial charge in [0, 0.05) is 25.6 Å². The number of nitrogens with zero attached hydrogens (tertiary/aromatic N) is 3. The lowest BCUT2D eigenvalue weighted by molar-refractivity contribution is -0.136. The fraction of sp³-hybridized carbons (Fsp3) is 0.750. The van der Waals surface area contributed by atoms with Crippen LogP contribution in [0.15, 0.2) is 4.52 Å². The Bertz CT molecular complexity index is 424. The lowest BCUT2D eigenvalue weighted by Gasteiger charge is -2.32. The Morgan fingerprint density at radius 2 is 2.37 bits per heavy atom. The number of halogens is 1. The zero-order valence-corrected chi connectivity index (χ0v) is 12.2. The molecule has 6 nitrogen and oxygen atoms in total. The second-order valence-electron chi connectivity index (χ2n) is 4.94. The molecule has 2 atom stereocenters. The highest BCUT2D eigenvalue weighted by molar-refractivity contribution is 5.85. The standard InChI is InChI=1S/C12H20N4O2.ClH/c1-8(6-13)12(17)16-5-3-4-10(7-16)11-14-9(2)15-18-11;/h8,10H,3-7,13H2,1-2H3;1H. The van der Waals surface area contributed by atoms with Gasteiger partial charge in [-0.3, -0.25) is 4.79 Å². The van der Waals surface area contributed by atoms with Crippen LogP contribution in [0.2, 0.25) is 0 Å². The molecule has 7 heteroatoms. The Balaban J connectivity index is 0.00000180. The Kier molecular flexibility index (Phi) is 5.75. The van der Waals surface area contributed by atoms with Gasteiger partial charge in [0.25, 0.3) is 0 Å². The molecule has 1 amide bonds. The summed E-state index contributed by atoms with van der Waals surface area (Å²) in [6.07, 6.45) is 1.96. The molecular formula is C12H21ClN4O2. The summed E-state index contributed by atoms with van der Waals surface area (Å²) in [4.78, 5) is 18.2. The molecule has 0 spiro atoms. The summed E-state index contributed by atoms with van der Waals surface area (Å²) in [7, 11) is 0. The lowest BCUT2D eigenvalue weighted by Crippen LogP contribution is -2.43.